The first-order chi connectivity index (χ1) is 11.1. The third-order valence-electron chi connectivity index (χ3n) is 3.91. The summed E-state index contributed by atoms with van der Waals surface area (Å²) in [5, 5.41) is 12.4. The summed E-state index contributed by atoms with van der Waals surface area (Å²) in [7, 11) is 0. The maximum atomic E-state index is 13.1. The van der Waals surface area contributed by atoms with Crippen LogP contribution in [-0.2, 0) is 11.2 Å². The first-order valence-electron chi connectivity index (χ1n) is 8.11. The Morgan fingerprint density at radius 2 is 2.39 bits per heavy atom. The standard InChI is InChI=1S/C17H25FN2O3/c1-13(21)10-16-12-23-9-8-20(16)17(22)19-7-3-5-14-4-2-6-15(18)11-14/h2,4,6,11,13,16,21H,3,5,7-10,12H2,1H3,(H,19,22)/t13-,16-/m1/s1. The maximum absolute atomic E-state index is 13.1. The predicted molar refractivity (Wildman–Crippen MR) is 85.7 cm³/mol. The van der Waals surface area contributed by atoms with Crippen molar-refractivity contribution in [2.75, 3.05) is 26.3 Å². The molecule has 5 nitrogen and oxygen atoms in total. The van der Waals surface area contributed by atoms with Crippen molar-refractivity contribution in [2.45, 2.75) is 38.3 Å². The summed E-state index contributed by atoms with van der Waals surface area (Å²) in [5.74, 6) is -0.235. The number of aliphatic hydroxyl groups is 1. The zero-order valence-corrected chi connectivity index (χ0v) is 13.5. The maximum Gasteiger partial charge on any atom is 0.317 e. The van der Waals surface area contributed by atoms with E-state index < -0.39 is 6.10 Å². The SMILES string of the molecule is C[C@@H](O)C[C@@H]1COCCN1C(=O)NCCCc1cccc(F)c1. The molecule has 1 aromatic rings. The molecule has 0 radical (unpaired) electrons. The molecule has 1 fully saturated rings. The second kappa shape index (κ2) is 8.84. The van der Waals surface area contributed by atoms with Crippen molar-refractivity contribution >= 4 is 6.03 Å². The molecule has 128 valence electrons. The van der Waals surface area contributed by atoms with Crippen LogP contribution in [0.4, 0.5) is 9.18 Å². The van der Waals surface area contributed by atoms with E-state index in [0.29, 0.717) is 32.7 Å². The minimum absolute atomic E-state index is 0.0908. The summed E-state index contributed by atoms with van der Waals surface area (Å²) < 4.78 is 18.5. The van der Waals surface area contributed by atoms with Crippen molar-refractivity contribution in [3.05, 3.63) is 35.6 Å². The first kappa shape index (κ1) is 17.7. The number of morpholine rings is 1. The van der Waals surface area contributed by atoms with Crippen molar-refractivity contribution < 1.29 is 19.0 Å². The fraction of sp³-hybridized carbons (Fsp3) is 0.588. The molecular formula is C17H25FN2O3. The average Bonchev–Trinajstić information content (AvgIpc) is 2.51. The van der Waals surface area contributed by atoms with E-state index in [-0.39, 0.29) is 17.9 Å². The Morgan fingerprint density at radius 3 is 3.13 bits per heavy atom. The number of nitrogens with one attached hydrogen (secondary N) is 1. The van der Waals surface area contributed by atoms with Gasteiger partial charge in [0.1, 0.15) is 5.82 Å². The third kappa shape index (κ3) is 5.80. The van der Waals surface area contributed by atoms with Crippen LogP contribution in [0.25, 0.3) is 0 Å². The highest BCUT2D eigenvalue weighted by Gasteiger charge is 2.27. The number of ether oxygens (including phenoxy) is 1. The first-order valence-corrected chi connectivity index (χ1v) is 8.11. The van der Waals surface area contributed by atoms with Crippen LogP contribution in [0.3, 0.4) is 0 Å². The number of nitrogens with zero attached hydrogens (tertiary/aromatic N) is 1. The van der Waals surface area contributed by atoms with Gasteiger partial charge in [-0.15, -0.1) is 0 Å². The number of hydrogen-bond acceptors (Lipinski definition) is 3. The quantitative estimate of drug-likeness (QED) is 0.786. The molecule has 0 saturated carbocycles. The van der Waals surface area contributed by atoms with E-state index in [1.165, 1.54) is 12.1 Å². The van der Waals surface area contributed by atoms with E-state index in [1.807, 2.05) is 6.07 Å². The minimum Gasteiger partial charge on any atom is -0.393 e. The molecule has 1 aliphatic rings. The van der Waals surface area contributed by atoms with Crippen molar-refractivity contribution in [1.29, 1.82) is 0 Å². The summed E-state index contributed by atoms with van der Waals surface area (Å²) in [4.78, 5) is 14.0. The lowest BCUT2D eigenvalue weighted by molar-refractivity contribution is -0.00428. The highest BCUT2D eigenvalue weighted by Crippen LogP contribution is 2.13. The Morgan fingerprint density at radius 1 is 1.57 bits per heavy atom. The van der Waals surface area contributed by atoms with Gasteiger partial charge in [0.05, 0.1) is 25.4 Å². The number of benzene rings is 1. The molecule has 1 saturated heterocycles. The topological polar surface area (TPSA) is 61.8 Å². The van der Waals surface area contributed by atoms with Gasteiger partial charge in [0.25, 0.3) is 0 Å². The molecule has 1 aromatic carbocycles. The predicted octanol–water partition coefficient (Wildman–Crippen LogP) is 1.94. The van der Waals surface area contributed by atoms with Gasteiger partial charge in [0.2, 0.25) is 0 Å². The van der Waals surface area contributed by atoms with Gasteiger partial charge in [-0.05, 0) is 43.9 Å². The number of aryl methyl sites for hydroxylation is 1. The Hall–Kier alpha value is -1.66. The molecule has 2 rings (SSSR count). The van der Waals surface area contributed by atoms with E-state index in [0.717, 1.165) is 18.4 Å². The molecule has 1 aliphatic heterocycles. The minimum atomic E-state index is -0.468. The number of hydrogen-bond donors (Lipinski definition) is 2. The molecule has 23 heavy (non-hydrogen) atoms. The lowest BCUT2D eigenvalue weighted by atomic mass is 10.1. The van der Waals surface area contributed by atoms with Gasteiger partial charge in [-0.2, -0.15) is 0 Å². The summed E-state index contributed by atoms with van der Waals surface area (Å²) in [6, 6.07) is 6.29. The number of rotatable bonds is 6. The second-order valence-corrected chi connectivity index (χ2v) is 5.97. The van der Waals surface area contributed by atoms with Crippen LogP contribution in [0.15, 0.2) is 24.3 Å². The van der Waals surface area contributed by atoms with Crippen molar-refractivity contribution in [1.82, 2.24) is 10.2 Å². The Labute approximate surface area is 136 Å². The zero-order valence-electron chi connectivity index (χ0n) is 13.5. The largest absolute Gasteiger partial charge is 0.393 e. The van der Waals surface area contributed by atoms with Crippen LogP contribution >= 0.6 is 0 Å². The Bertz CT molecular complexity index is 510. The fourth-order valence-corrected chi connectivity index (χ4v) is 2.79. The van der Waals surface area contributed by atoms with Crippen molar-refractivity contribution in [3.8, 4) is 0 Å². The van der Waals surface area contributed by atoms with Gasteiger partial charge >= 0.3 is 6.03 Å². The van der Waals surface area contributed by atoms with Gasteiger partial charge in [-0.1, -0.05) is 12.1 Å². The molecular weight excluding hydrogens is 299 g/mol. The molecule has 0 bridgehead atoms. The third-order valence-corrected chi connectivity index (χ3v) is 3.91. The van der Waals surface area contributed by atoms with Gasteiger partial charge in [-0.25, -0.2) is 9.18 Å². The van der Waals surface area contributed by atoms with E-state index in [9.17, 15) is 14.3 Å². The van der Waals surface area contributed by atoms with Crippen LogP contribution in [0.2, 0.25) is 0 Å². The second-order valence-electron chi connectivity index (χ2n) is 5.97. The number of amides is 2. The van der Waals surface area contributed by atoms with Gasteiger partial charge in [-0.3, -0.25) is 0 Å². The highest BCUT2D eigenvalue weighted by molar-refractivity contribution is 5.74. The van der Waals surface area contributed by atoms with Gasteiger partial charge < -0.3 is 20.1 Å². The van der Waals surface area contributed by atoms with Gasteiger partial charge in [0, 0.05) is 13.1 Å². The van der Waals surface area contributed by atoms with E-state index >= 15 is 0 Å². The molecule has 0 aromatic heterocycles. The molecule has 0 spiro atoms. The molecule has 0 aliphatic carbocycles. The van der Waals surface area contributed by atoms with Crippen molar-refractivity contribution in [3.63, 3.8) is 0 Å². The molecule has 2 atom stereocenters. The average molecular weight is 324 g/mol. The lowest BCUT2D eigenvalue weighted by Crippen LogP contribution is -2.53. The van der Waals surface area contributed by atoms with Gasteiger partial charge in [0.15, 0.2) is 0 Å². The van der Waals surface area contributed by atoms with E-state index in [4.69, 9.17) is 4.74 Å². The van der Waals surface area contributed by atoms with Crippen LogP contribution in [0.1, 0.15) is 25.3 Å². The summed E-state index contributed by atoms with van der Waals surface area (Å²) in [6.07, 6.45) is 1.51. The lowest BCUT2D eigenvalue weighted by Gasteiger charge is -2.36. The van der Waals surface area contributed by atoms with E-state index in [1.54, 1.807) is 17.9 Å². The smallest absolute Gasteiger partial charge is 0.317 e. The van der Waals surface area contributed by atoms with Crippen LogP contribution in [0.5, 0.6) is 0 Å². The monoisotopic (exact) mass is 324 g/mol. The van der Waals surface area contributed by atoms with E-state index in [2.05, 4.69) is 5.32 Å². The number of halogens is 1. The number of carbonyl (C=O) groups excluding carboxylic acids is 1. The van der Waals surface area contributed by atoms with Crippen LogP contribution in [0, 0.1) is 5.82 Å². The van der Waals surface area contributed by atoms with Crippen molar-refractivity contribution in [2.24, 2.45) is 0 Å². The molecule has 1 heterocycles. The summed E-state index contributed by atoms with van der Waals surface area (Å²) >= 11 is 0. The molecule has 2 N–H and O–H groups in total. The van der Waals surface area contributed by atoms with Crippen LogP contribution < -0.4 is 5.32 Å². The Kier molecular flexibility index (Phi) is 6.80. The number of urea groups is 1. The fourth-order valence-electron chi connectivity index (χ4n) is 2.79. The molecule has 0 unspecified atom stereocenters. The molecule has 2 amide bonds. The number of carbonyl (C=O) groups is 1. The zero-order chi connectivity index (χ0) is 16.7. The summed E-state index contributed by atoms with van der Waals surface area (Å²) in [6.45, 7) is 3.76. The molecule has 6 heteroatoms. The normalized spacial score (nSPS) is 19.4. The highest BCUT2D eigenvalue weighted by atomic mass is 19.1. The Balaban J connectivity index is 1.74. The number of aliphatic hydroxyl groups excluding tert-OH is 1. The van der Waals surface area contributed by atoms with Crippen LogP contribution in [-0.4, -0.2) is 54.5 Å². The summed E-state index contributed by atoms with van der Waals surface area (Å²) in [5.41, 5.74) is 0.928.